The first-order chi connectivity index (χ1) is 6.11. The van der Waals surface area contributed by atoms with E-state index in [4.69, 9.17) is 0 Å². The van der Waals surface area contributed by atoms with Gasteiger partial charge in [0.2, 0.25) is 0 Å². The van der Waals surface area contributed by atoms with E-state index in [-0.39, 0.29) is 5.92 Å². The molecule has 0 aliphatic carbocycles. The van der Waals surface area contributed by atoms with E-state index in [9.17, 15) is 4.79 Å². The van der Waals surface area contributed by atoms with E-state index in [0.29, 0.717) is 11.7 Å². The molecule has 78 valence electrons. The maximum Gasteiger partial charge on any atom is 0.139 e. The quantitative estimate of drug-likeness (QED) is 0.657. The van der Waals surface area contributed by atoms with Crippen molar-refractivity contribution in [2.75, 3.05) is 20.1 Å². The summed E-state index contributed by atoms with van der Waals surface area (Å²) in [6, 6.07) is 0. The van der Waals surface area contributed by atoms with Gasteiger partial charge < -0.3 is 4.90 Å². The molecule has 1 atom stereocenters. The Morgan fingerprint density at radius 1 is 1.38 bits per heavy atom. The molecule has 1 saturated heterocycles. The van der Waals surface area contributed by atoms with Crippen LogP contribution in [0.25, 0.3) is 0 Å². The van der Waals surface area contributed by atoms with Crippen molar-refractivity contribution in [1.29, 1.82) is 0 Å². The largest absolute Gasteiger partial charge is 0.306 e. The Morgan fingerprint density at radius 3 is 2.23 bits per heavy atom. The number of hydrogen-bond acceptors (Lipinski definition) is 2. The molecule has 0 amide bonds. The molecule has 1 fully saturated rings. The van der Waals surface area contributed by atoms with Crippen molar-refractivity contribution in [3.8, 4) is 0 Å². The van der Waals surface area contributed by atoms with Gasteiger partial charge in [-0.05, 0) is 20.0 Å². The highest BCUT2D eigenvalue weighted by Gasteiger charge is 2.27. The van der Waals surface area contributed by atoms with E-state index >= 15 is 0 Å². The minimum absolute atomic E-state index is 0.214. The third-order valence-corrected chi connectivity index (χ3v) is 2.36. The van der Waals surface area contributed by atoms with Gasteiger partial charge in [-0.15, -0.1) is 0 Å². The van der Waals surface area contributed by atoms with Gasteiger partial charge in [-0.2, -0.15) is 0 Å². The fraction of sp³-hybridized carbons (Fsp3) is 0.909. The zero-order valence-corrected chi connectivity index (χ0v) is 9.63. The minimum Gasteiger partial charge on any atom is -0.306 e. The molecule has 0 saturated carbocycles. The van der Waals surface area contributed by atoms with Gasteiger partial charge in [0, 0.05) is 18.4 Å². The lowest BCUT2D eigenvalue weighted by Crippen LogP contribution is -2.22. The van der Waals surface area contributed by atoms with Crippen LogP contribution in [-0.4, -0.2) is 30.8 Å². The van der Waals surface area contributed by atoms with Crippen molar-refractivity contribution in [2.45, 2.75) is 34.1 Å². The molecule has 2 heteroatoms. The van der Waals surface area contributed by atoms with Crippen molar-refractivity contribution < 1.29 is 4.79 Å². The second-order valence-corrected chi connectivity index (χ2v) is 3.80. The molecule has 0 unspecified atom stereocenters. The number of Topliss-reactive ketones (excluding diaryl/α,β-unsaturated/α-hetero) is 1. The van der Waals surface area contributed by atoms with E-state index in [1.54, 1.807) is 0 Å². The number of rotatable bonds is 2. The smallest absolute Gasteiger partial charge is 0.139 e. The summed E-state index contributed by atoms with van der Waals surface area (Å²) < 4.78 is 0. The van der Waals surface area contributed by atoms with Crippen LogP contribution in [0.5, 0.6) is 0 Å². The van der Waals surface area contributed by atoms with E-state index in [2.05, 4.69) is 11.9 Å². The molecule has 0 N–H and O–H groups in total. The molecule has 0 aromatic heterocycles. The van der Waals surface area contributed by atoms with Crippen LogP contribution in [0.1, 0.15) is 34.1 Å². The van der Waals surface area contributed by atoms with Crippen molar-refractivity contribution in [3.63, 3.8) is 0 Å². The number of hydrogen-bond donors (Lipinski definition) is 0. The van der Waals surface area contributed by atoms with Crippen LogP contribution in [0, 0.1) is 11.8 Å². The summed E-state index contributed by atoms with van der Waals surface area (Å²) in [5, 5.41) is 0. The monoisotopic (exact) mass is 185 g/mol. The van der Waals surface area contributed by atoms with Crippen LogP contribution in [0.15, 0.2) is 0 Å². The zero-order chi connectivity index (χ0) is 10.4. The van der Waals surface area contributed by atoms with Gasteiger partial charge in [-0.25, -0.2) is 0 Å². The Kier molecular flexibility index (Phi) is 5.97. The van der Waals surface area contributed by atoms with Crippen LogP contribution >= 0.6 is 0 Å². The Labute approximate surface area is 82.3 Å². The molecule has 0 aromatic rings. The first kappa shape index (κ1) is 12.6. The third kappa shape index (κ3) is 3.90. The molecular formula is C11H23NO. The Morgan fingerprint density at radius 2 is 1.92 bits per heavy atom. The standard InChI is InChI=1S/C9H17NO.C2H6/c1-7(2)9(11)8-4-5-10(3)6-8;1-2/h7-8H,4-6H2,1-3H3;1-2H3/t8-;/m0./s1. The summed E-state index contributed by atoms with van der Waals surface area (Å²) in [7, 11) is 2.08. The molecule has 1 aliphatic rings. The van der Waals surface area contributed by atoms with Gasteiger partial charge in [0.1, 0.15) is 5.78 Å². The number of carbonyl (C=O) groups excluding carboxylic acids is 1. The fourth-order valence-electron chi connectivity index (χ4n) is 1.64. The first-order valence-corrected chi connectivity index (χ1v) is 5.33. The van der Waals surface area contributed by atoms with Gasteiger partial charge >= 0.3 is 0 Å². The predicted molar refractivity (Wildman–Crippen MR) is 56.8 cm³/mol. The van der Waals surface area contributed by atoms with Crippen molar-refractivity contribution >= 4 is 5.78 Å². The molecule has 1 aliphatic heterocycles. The van der Waals surface area contributed by atoms with Gasteiger partial charge in [0.05, 0.1) is 0 Å². The summed E-state index contributed by atoms with van der Waals surface area (Å²) in [5.41, 5.74) is 0. The van der Waals surface area contributed by atoms with Crippen LogP contribution in [-0.2, 0) is 4.79 Å². The lowest BCUT2D eigenvalue weighted by Gasteiger charge is -2.11. The zero-order valence-electron chi connectivity index (χ0n) is 9.63. The second kappa shape index (κ2) is 6.14. The van der Waals surface area contributed by atoms with Crippen LogP contribution in [0.4, 0.5) is 0 Å². The summed E-state index contributed by atoms with van der Waals surface area (Å²) in [6.07, 6.45) is 1.06. The predicted octanol–water partition coefficient (Wildman–Crippen LogP) is 2.19. The maximum absolute atomic E-state index is 11.5. The summed E-state index contributed by atoms with van der Waals surface area (Å²) >= 11 is 0. The first-order valence-electron chi connectivity index (χ1n) is 5.33. The molecule has 1 rings (SSSR count). The van der Waals surface area contributed by atoms with Crippen molar-refractivity contribution in [3.05, 3.63) is 0 Å². The minimum atomic E-state index is 0.214. The second-order valence-electron chi connectivity index (χ2n) is 3.80. The maximum atomic E-state index is 11.5. The van der Waals surface area contributed by atoms with Gasteiger partial charge in [0.25, 0.3) is 0 Å². The summed E-state index contributed by atoms with van der Waals surface area (Å²) in [4.78, 5) is 13.7. The average Bonchev–Trinajstić information content (AvgIpc) is 2.54. The van der Waals surface area contributed by atoms with Crippen LogP contribution < -0.4 is 0 Å². The van der Waals surface area contributed by atoms with Gasteiger partial charge in [-0.3, -0.25) is 4.79 Å². The normalized spacial score (nSPS) is 22.8. The Balaban J connectivity index is 0.000000671. The third-order valence-electron chi connectivity index (χ3n) is 2.36. The molecule has 0 bridgehead atoms. The SMILES string of the molecule is CC.CC(C)C(=O)[C@H]1CCN(C)C1. The molecule has 13 heavy (non-hydrogen) atoms. The van der Waals surface area contributed by atoms with Crippen molar-refractivity contribution in [1.82, 2.24) is 4.90 Å². The number of likely N-dealkylation sites (tertiary alicyclic amines) is 1. The highest BCUT2D eigenvalue weighted by molar-refractivity contribution is 5.83. The lowest BCUT2D eigenvalue weighted by molar-refractivity contribution is -0.125. The highest BCUT2D eigenvalue weighted by atomic mass is 16.1. The molecule has 0 radical (unpaired) electrons. The van der Waals surface area contributed by atoms with E-state index in [1.807, 2.05) is 27.7 Å². The Bertz CT molecular complexity index is 154. The van der Waals surface area contributed by atoms with Gasteiger partial charge in [0.15, 0.2) is 0 Å². The van der Waals surface area contributed by atoms with E-state index in [0.717, 1.165) is 19.5 Å². The van der Waals surface area contributed by atoms with Crippen LogP contribution in [0.3, 0.4) is 0 Å². The summed E-state index contributed by atoms with van der Waals surface area (Å²) in [6.45, 7) is 10.0. The van der Waals surface area contributed by atoms with Gasteiger partial charge in [-0.1, -0.05) is 27.7 Å². The molecule has 1 heterocycles. The van der Waals surface area contributed by atoms with Crippen molar-refractivity contribution in [2.24, 2.45) is 11.8 Å². The number of ketones is 1. The molecular weight excluding hydrogens is 162 g/mol. The number of carbonyl (C=O) groups is 1. The molecule has 0 aromatic carbocycles. The number of nitrogens with zero attached hydrogens (tertiary/aromatic N) is 1. The van der Waals surface area contributed by atoms with E-state index < -0.39 is 0 Å². The highest BCUT2D eigenvalue weighted by Crippen LogP contribution is 2.18. The Hall–Kier alpha value is -0.370. The van der Waals surface area contributed by atoms with Crippen LogP contribution in [0.2, 0.25) is 0 Å². The molecule has 0 spiro atoms. The topological polar surface area (TPSA) is 20.3 Å². The summed E-state index contributed by atoms with van der Waals surface area (Å²) in [5.74, 6) is 0.973. The van der Waals surface area contributed by atoms with E-state index in [1.165, 1.54) is 0 Å². The lowest BCUT2D eigenvalue weighted by atomic mass is 9.95. The fourth-order valence-corrected chi connectivity index (χ4v) is 1.64. The average molecular weight is 185 g/mol. The molecule has 2 nitrogen and oxygen atoms in total.